The minimum Gasteiger partial charge on any atom is -0.392 e. The monoisotopic (exact) mass is 260 g/mol. The van der Waals surface area contributed by atoms with Gasteiger partial charge in [0.15, 0.2) is 0 Å². The Morgan fingerprint density at radius 2 is 1.79 bits per heavy atom. The van der Waals surface area contributed by atoms with Gasteiger partial charge in [0.05, 0.1) is 6.10 Å². The first kappa shape index (κ1) is 14.6. The van der Waals surface area contributed by atoms with Gasteiger partial charge in [0.2, 0.25) is 0 Å². The Morgan fingerprint density at radius 1 is 1.16 bits per heavy atom. The second kappa shape index (κ2) is 6.09. The molecule has 3 atom stereocenters. The summed E-state index contributed by atoms with van der Waals surface area (Å²) in [5.41, 5.74) is 5.35. The second-order valence-electron chi connectivity index (χ2n) is 6.50. The second-order valence-corrected chi connectivity index (χ2v) is 6.50. The van der Waals surface area contributed by atoms with Crippen molar-refractivity contribution in [1.82, 2.24) is 0 Å². The number of benzene rings is 1. The van der Waals surface area contributed by atoms with Crippen molar-refractivity contribution in [2.75, 3.05) is 0 Å². The largest absolute Gasteiger partial charge is 0.392 e. The van der Waals surface area contributed by atoms with Crippen LogP contribution in [0, 0.1) is 32.6 Å². The van der Waals surface area contributed by atoms with E-state index < -0.39 is 0 Å². The van der Waals surface area contributed by atoms with Crippen molar-refractivity contribution in [2.45, 2.75) is 65.9 Å². The Labute approximate surface area is 118 Å². The number of hydrogen-bond donors (Lipinski definition) is 1. The lowest BCUT2D eigenvalue weighted by Crippen LogP contribution is -2.21. The number of aliphatic hydroxyl groups excluding tert-OH is 1. The van der Waals surface area contributed by atoms with Gasteiger partial charge in [0, 0.05) is 0 Å². The van der Waals surface area contributed by atoms with Crippen LogP contribution in [-0.4, -0.2) is 11.2 Å². The lowest BCUT2D eigenvalue weighted by atomic mass is 9.89. The Bertz CT molecular complexity index is 412. The molecule has 2 rings (SSSR count). The molecule has 1 aromatic carbocycles. The zero-order valence-electron chi connectivity index (χ0n) is 12.9. The highest BCUT2D eigenvalue weighted by molar-refractivity contribution is 5.37. The lowest BCUT2D eigenvalue weighted by Gasteiger charge is -2.21. The molecule has 0 bridgehead atoms. The molecule has 1 heteroatoms. The quantitative estimate of drug-likeness (QED) is 0.853. The maximum absolute atomic E-state index is 10.5. The summed E-state index contributed by atoms with van der Waals surface area (Å²) in [5.74, 6) is 1.37. The molecule has 0 saturated heterocycles. The van der Waals surface area contributed by atoms with Crippen molar-refractivity contribution in [3.05, 3.63) is 34.4 Å². The molecule has 1 nitrogen and oxygen atoms in total. The molecule has 106 valence electrons. The predicted octanol–water partition coefficient (Wildman–Crippen LogP) is 4.34. The molecule has 0 aliphatic heterocycles. The summed E-state index contributed by atoms with van der Waals surface area (Å²) in [6, 6.07) is 4.47. The fraction of sp³-hybridized carbons (Fsp3) is 0.667. The Hall–Kier alpha value is -0.820. The van der Waals surface area contributed by atoms with E-state index in [4.69, 9.17) is 0 Å². The van der Waals surface area contributed by atoms with Crippen molar-refractivity contribution >= 4 is 0 Å². The van der Waals surface area contributed by atoms with E-state index in [2.05, 4.69) is 39.8 Å². The SMILES string of the molecule is CCC1CCC(C(O)Cc2c(C)cc(C)cc2C)C1. The number of aryl methyl sites for hydroxylation is 3. The molecular formula is C18H28O. The summed E-state index contributed by atoms with van der Waals surface area (Å²) < 4.78 is 0. The molecule has 1 N–H and O–H groups in total. The molecule has 0 spiro atoms. The fourth-order valence-electron chi connectivity index (χ4n) is 3.74. The number of hydrogen-bond acceptors (Lipinski definition) is 1. The summed E-state index contributed by atoms with van der Waals surface area (Å²) in [5, 5.41) is 10.5. The minimum absolute atomic E-state index is 0.156. The van der Waals surface area contributed by atoms with Crippen LogP contribution in [0.4, 0.5) is 0 Å². The van der Waals surface area contributed by atoms with Crippen LogP contribution >= 0.6 is 0 Å². The van der Waals surface area contributed by atoms with Crippen molar-refractivity contribution < 1.29 is 5.11 Å². The number of aliphatic hydroxyl groups is 1. The van der Waals surface area contributed by atoms with Gasteiger partial charge in [-0.25, -0.2) is 0 Å². The first-order valence-corrected chi connectivity index (χ1v) is 7.76. The van der Waals surface area contributed by atoms with E-state index in [1.54, 1.807) is 0 Å². The van der Waals surface area contributed by atoms with Crippen molar-refractivity contribution in [1.29, 1.82) is 0 Å². The first-order chi connectivity index (χ1) is 9.01. The van der Waals surface area contributed by atoms with Gasteiger partial charge in [-0.05, 0) is 68.6 Å². The van der Waals surface area contributed by atoms with Crippen LogP contribution in [0.5, 0.6) is 0 Å². The van der Waals surface area contributed by atoms with Gasteiger partial charge in [-0.3, -0.25) is 0 Å². The van der Waals surface area contributed by atoms with Gasteiger partial charge in [-0.15, -0.1) is 0 Å². The molecule has 0 aromatic heterocycles. The molecule has 0 heterocycles. The third-order valence-corrected chi connectivity index (χ3v) is 4.96. The van der Waals surface area contributed by atoms with Crippen LogP contribution in [0.3, 0.4) is 0 Å². The average molecular weight is 260 g/mol. The molecule has 1 aliphatic rings. The van der Waals surface area contributed by atoms with E-state index in [1.807, 2.05) is 0 Å². The van der Waals surface area contributed by atoms with E-state index in [1.165, 1.54) is 47.9 Å². The zero-order chi connectivity index (χ0) is 14.0. The molecule has 1 fully saturated rings. The van der Waals surface area contributed by atoms with Crippen molar-refractivity contribution in [3.63, 3.8) is 0 Å². The lowest BCUT2D eigenvalue weighted by molar-refractivity contribution is 0.108. The molecule has 1 aromatic rings. The third kappa shape index (κ3) is 3.39. The number of rotatable bonds is 4. The zero-order valence-corrected chi connectivity index (χ0v) is 12.9. The van der Waals surface area contributed by atoms with Crippen LogP contribution in [0.2, 0.25) is 0 Å². The van der Waals surface area contributed by atoms with Crippen molar-refractivity contribution in [2.24, 2.45) is 11.8 Å². The first-order valence-electron chi connectivity index (χ1n) is 7.76. The highest BCUT2D eigenvalue weighted by Gasteiger charge is 2.29. The molecule has 3 unspecified atom stereocenters. The summed E-state index contributed by atoms with van der Waals surface area (Å²) >= 11 is 0. The van der Waals surface area contributed by atoms with Crippen LogP contribution < -0.4 is 0 Å². The molecule has 1 saturated carbocycles. The Morgan fingerprint density at radius 3 is 2.32 bits per heavy atom. The van der Waals surface area contributed by atoms with Gasteiger partial charge in [-0.2, -0.15) is 0 Å². The van der Waals surface area contributed by atoms with E-state index in [0.717, 1.165) is 12.3 Å². The maximum Gasteiger partial charge on any atom is 0.0609 e. The van der Waals surface area contributed by atoms with Crippen molar-refractivity contribution in [3.8, 4) is 0 Å². The van der Waals surface area contributed by atoms with Crippen LogP contribution in [0.1, 0.15) is 54.9 Å². The van der Waals surface area contributed by atoms with Gasteiger partial charge in [0.25, 0.3) is 0 Å². The van der Waals surface area contributed by atoms with Gasteiger partial charge in [0.1, 0.15) is 0 Å². The maximum atomic E-state index is 10.5. The van der Waals surface area contributed by atoms with Crippen LogP contribution in [0.15, 0.2) is 12.1 Å². The van der Waals surface area contributed by atoms with Gasteiger partial charge >= 0.3 is 0 Å². The van der Waals surface area contributed by atoms with E-state index in [-0.39, 0.29) is 6.10 Å². The smallest absolute Gasteiger partial charge is 0.0609 e. The molecule has 19 heavy (non-hydrogen) atoms. The van der Waals surface area contributed by atoms with Crippen LogP contribution in [0.25, 0.3) is 0 Å². The molecular weight excluding hydrogens is 232 g/mol. The van der Waals surface area contributed by atoms with Crippen LogP contribution in [-0.2, 0) is 6.42 Å². The highest BCUT2D eigenvalue weighted by Crippen LogP contribution is 2.36. The average Bonchev–Trinajstić information content (AvgIpc) is 2.82. The minimum atomic E-state index is -0.156. The summed E-state index contributed by atoms with van der Waals surface area (Å²) in [7, 11) is 0. The molecule has 0 radical (unpaired) electrons. The third-order valence-electron chi connectivity index (χ3n) is 4.96. The standard InChI is InChI=1S/C18H28O/c1-5-15-6-7-16(10-15)18(19)11-17-13(3)8-12(2)9-14(17)4/h8-9,15-16,18-19H,5-7,10-11H2,1-4H3. The highest BCUT2D eigenvalue weighted by atomic mass is 16.3. The molecule has 1 aliphatic carbocycles. The van der Waals surface area contributed by atoms with E-state index in [9.17, 15) is 5.11 Å². The summed E-state index contributed by atoms with van der Waals surface area (Å²) in [6.45, 7) is 8.76. The van der Waals surface area contributed by atoms with Gasteiger partial charge in [-0.1, -0.05) is 37.5 Å². The van der Waals surface area contributed by atoms with E-state index >= 15 is 0 Å². The topological polar surface area (TPSA) is 20.2 Å². The fourth-order valence-corrected chi connectivity index (χ4v) is 3.74. The van der Waals surface area contributed by atoms with E-state index in [0.29, 0.717) is 5.92 Å². The summed E-state index contributed by atoms with van der Waals surface area (Å²) in [6.07, 6.45) is 5.69. The molecule has 0 amide bonds. The normalized spacial score (nSPS) is 24.7. The Balaban J connectivity index is 2.05. The van der Waals surface area contributed by atoms with Gasteiger partial charge < -0.3 is 5.11 Å². The Kier molecular flexibility index (Phi) is 4.67. The summed E-state index contributed by atoms with van der Waals surface area (Å²) in [4.78, 5) is 0. The predicted molar refractivity (Wildman–Crippen MR) is 81.5 cm³/mol.